The van der Waals surface area contributed by atoms with Crippen molar-refractivity contribution in [1.82, 2.24) is 20.4 Å². The molecule has 0 radical (unpaired) electrons. The predicted octanol–water partition coefficient (Wildman–Crippen LogP) is 1.97. The van der Waals surface area contributed by atoms with E-state index in [1.807, 2.05) is 24.1 Å². The van der Waals surface area contributed by atoms with Crippen molar-refractivity contribution in [1.29, 1.82) is 0 Å². The number of nitrogens with one attached hydrogen (secondary N) is 2. The van der Waals surface area contributed by atoms with Crippen LogP contribution in [0, 0.1) is 0 Å². The van der Waals surface area contributed by atoms with Gasteiger partial charge in [0.25, 0.3) is 0 Å². The highest BCUT2D eigenvalue weighted by Crippen LogP contribution is 1.95. The van der Waals surface area contributed by atoms with Gasteiger partial charge in [0.15, 0.2) is 5.96 Å². The maximum absolute atomic E-state index is 5.52. The van der Waals surface area contributed by atoms with Crippen LogP contribution in [0.5, 0.6) is 0 Å². The van der Waals surface area contributed by atoms with Crippen molar-refractivity contribution < 1.29 is 9.47 Å². The van der Waals surface area contributed by atoms with E-state index in [0.29, 0.717) is 26.4 Å². The summed E-state index contributed by atoms with van der Waals surface area (Å²) in [4.78, 5) is 4.50. The van der Waals surface area contributed by atoms with Crippen LogP contribution in [-0.4, -0.2) is 61.8 Å². The number of hydrogen-bond acceptors (Lipinski definition) is 4. The second-order valence-electron chi connectivity index (χ2n) is 5.54. The number of rotatable bonds is 13. The standard InChI is InChI=1S/C17H33N5O2.HI/c1-4-6-10-23-12-13-24-11-9-20-17(18-5-2)19-8-7-16-14-21-22(3)15-16;/h14-15H,4-13H2,1-3H3,(H2,18,19,20);1H. The molecule has 1 aromatic heterocycles. The molecule has 0 aliphatic rings. The zero-order valence-corrected chi connectivity index (χ0v) is 18.1. The molecule has 0 aromatic carbocycles. The van der Waals surface area contributed by atoms with Gasteiger partial charge in [-0.25, -0.2) is 0 Å². The zero-order chi connectivity index (χ0) is 17.5. The minimum atomic E-state index is 0. The summed E-state index contributed by atoms with van der Waals surface area (Å²) in [5, 5.41) is 10.7. The summed E-state index contributed by atoms with van der Waals surface area (Å²) in [5.74, 6) is 0.823. The van der Waals surface area contributed by atoms with Crippen molar-refractivity contribution in [2.45, 2.75) is 33.1 Å². The molecule has 0 unspecified atom stereocenters. The average molecular weight is 467 g/mol. The monoisotopic (exact) mass is 467 g/mol. The Morgan fingerprint density at radius 2 is 1.92 bits per heavy atom. The topological polar surface area (TPSA) is 72.7 Å². The average Bonchev–Trinajstić information content (AvgIpc) is 2.98. The summed E-state index contributed by atoms with van der Waals surface area (Å²) < 4.78 is 12.8. The van der Waals surface area contributed by atoms with Gasteiger partial charge in [0.2, 0.25) is 0 Å². The van der Waals surface area contributed by atoms with Crippen molar-refractivity contribution in [2.75, 3.05) is 46.1 Å². The molecule has 7 nitrogen and oxygen atoms in total. The van der Waals surface area contributed by atoms with Gasteiger partial charge in [-0.1, -0.05) is 13.3 Å². The Kier molecular flexibility index (Phi) is 16.0. The number of aryl methyl sites for hydroxylation is 1. The molecule has 0 bridgehead atoms. The predicted molar refractivity (Wildman–Crippen MR) is 113 cm³/mol. The van der Waals surface area contributed by atoms with Gasteiger partial charge in [-0.2, -0.15) is 5.10 Å². The van der Waals surface area contributed by atoms with Gasteiger partial charge in [-0.05, 0) is 25.3 Å². The summed E-state index contributed by atoms with van der Waals surface area (Å²) in [6.07, 6.45) is 7.12. The van der Waals surface area contributed by atoms with Crippen molar-refractivity contribution in [3.63, 3.8) is 0 Å². The first-order valence-electron chi connectivity index (χ1n) is 8.91. The van der Waals surface area contributed by atoms with Crippen LogP contribution in [0.1, 0.15) is 32.3 Å². The number of halogens is 1. The molecular formula is C17H34IN5O2. The van der Waals surface area contributed by atoms with Crippen molar-refractivity contribution in [3.8, 4) is 0 Å². The Balaban J connectivity index is 0.00000576. The summed E-state index contributed by atoms with van der Waals surface area (Å²) in [7, 11) is 1.93. The molecule has 25 heavy (non-hydrogen) atoms. The van der Waals surface area contributed by atoms with Crippen molar-refractivity contribution in [2.24, 2.45) is 12.0 Å². The molecule has 1 heterocycles. The molecule has 8 heteroatoms. The van der Waals surface area contributed by atoms with E-state index in [9.17, 15) is 0 Å². The normalized spacial score (nSPS) is 11.2. The first-order chi connectivity index (χ1) is 11.8. The summed E-state index contributed by atoms with van der Waals surface area (Å²) in [5.41, 5.74) is 1.22. The summed E-state index contributed by atoms with van der Waals surface area (Å²) in [6.45, 7) is 9.23. The second-order valence-corrected chi connectivity index (χ2v) is 5.54. The first kappa shape index (κ1) is 24.1. The van der Waals surface area contributed by atoms with Crippen LogP contribution in [0.25, 0.3) is 0 Å². The Labute approximate surface area is 169 Å². The zero-order valence-electron chi connectivity index (χ0n) is 15.8. The molecule has 0 fully saturated rings. The molecule has 1 aromatic rings. The second kappa shape index (κ2) is 16.6. The van der Waals surface area contributed by atoms with E-state index in [0.717, 1.165) is 44.9 Å². The van der Waals surface area contributed by atoms with Gasteiger partial charge in [0.05, 0.1) is 32.6 Å². The van der Waals surface area contributed by atoms with Gasteiger partial charge >= 0.3 is 0 Å². The van der Waals surface area contributed by atoms with E-state index in [4.69, 9.17) is 9.47 Å². The highest BCUT2D eigenvalue weighted by molar-refractivity contribution is 14.0. The van der Waals surface area contributed by atoms with Crippen LogP contribution in [0.3, 0.4) is 0 Å². The SMILES string of the molecule is CCCCOCCOCCN=C(NCC)NCCc1cnn(C)c1.I. The fourth-order valence-corrected chi connectivity index (χ4v) is 2.06. The van der Waals surface area contributed by atoms with Crippen LogP contribution in [0.4, 0.5) is 0 Å². The highest BCUT2D eigenvalue weighted by atomic mass is 127. The van der Waals surface area contributed by atoms with Crippen molar-refractivity contribution >= 4 is 29.9 Å². The summed E-state index contributed by atoms with van der Waals surface area (Å²) >= 11 is 0. The van der Waals surface area contributed by atoms with Crippen LogP contribution in [0.15, 0.2) is 17.4 Å². The van der Waals surface area contributed by atoms with Gasteiger partial charge in [0.1, 0.15) is 0 Å². The molecule has 0 aliphatic carbocycles. The van der Waals surface area contributed by atoms with E-state index in [-0.39, 0.29) is 24.0 Å². The number of aliphatic imine (C=N–C) groups is 1. The lowest BCUT2D eigenvalue weighted by atomic mass is 10.2. The molecular weight excluding hydrogens is 433 g/mol. The number of ether oxygens (including phenoxy) is 2. The third-order valence-corrected chi connectivity index (χ3v) is 3.33. The maximum Gasteiger partial charge on any atom is 0.191 e. The minimum absolute atomic E-state index is 0. The number of guanidine groups is 1. The maximum atomic E-state index is 5.52. The van der Waals surface area contributed by atoms with E-state index in [1.165, 1.54) is 5.56 Å². The fraction of sp³-hybridized carbons (Fsp3) is 0.765. The molecule has 0 aliphatic heterocycles. The van der Waals surface area contributed by atoms with Crippen LogP contribution in [-0.2, 0) is 22.9 Å². The fourth-order valence-electron chi connectivity index (χ4n) is 2.06. The first-order valence-corrected chi connectivity index (χ1v) is 8.91. The summed E-state index contributed by atoms with van der Waals surface area (Å²) in [6, 6.07) is 0. The lowest BCUT2D eigenvalue weighted by Crippen LogP contribution is -2.38. The highest BCUT2D eigenvalue weighted by Gasteiger charge is 1.99. The molecule has 0 saturated carbocycles. The number of hydrogen-bond donors (Lipinski definition) is 2. The van der Waals surface area contributed by atoms with Gasteiger partial charge in [0, 0.05) is 32.9 Å². The lowest BCUT2D eigenvalue weighted by Gasteiger charge is -2.11. The quantitative estimate of drug-likeness (QED) is 0.201. The van der Waals surface area contributed by atoms with Crippen molar-refractivity contribution in [3.05, 3.63) is 18.0 Å². The Morgan fingerprint density at radius 1 is 1.16 bits per heavy atom. The molecule has 2 N–H and O–H groups in total. The molecule has 0 spiro atoms. The lowest BCUT2D eigenvalue weighted by molar-refractivity contribution is 0.0497. The van der Waals surface area contributed by atoms with E-state index in [2.05, 4.69) is 34.6 Å². The molecule has 0 atom stereocenters. The molecule has 0 amide bonds. The van der Waals surface area contributed by atoms with E-state index >= 15 is 0 Å². The Morgan fingerprint density at radius 3 is 2.56 bits per heavy atom. The molecule has 146 valence electrons. The largest absolute Gasteiger partial charge is 0.379 e. The Hall–Kier alpha value is -0.870. The van der Waals surface area contributed by atoms with Gasteiger partial charge in [-0.15, -0.1) is 24.0 Å². The van der Waals surface area contributed by atoms with E-state index < -0.39 is 0 Å². The van der Waals surface area contributed by atoms with Gasteiger partial charge < -0.3 is 20.1 Å². The Bertz CT molecular complexity index is 454. The smallest absolute Gasteiger partial charge is 0.191 e. The van der Waals surface area contributed by atoms with Crippen LogP contribution in [0.2, 0.25) is 0 Å². The van der Waals surface area contributed by atoms with Crippen LogP contribution < -0.4 is 10.6 Å². The van der Waals surface area contributed by atoms with E-state index in [1.54, 1.807) is 0 Å². The minimum Gasteiger partial charge on any atom is -0.379 e. The third-order valence-electron chi connectivity index (χ3n) is 3.33. The number of nitrogens with zero attached hydrogens (tertiary/aromatic N) is 3. The third kappa shape index (κ3) is 13.1. The molecule has 1 rings (SSSR count). The van der Waals surface area contributed by atoms with Crippen LogP contribution >= 0.6 is 24.0 Å². The number of unbranched alkanes of at least 4 members (excludes halogenated alkanes) is 1. The van der Waals surface area contributed by atoms with Gasteiger partial charge in [-0.3, -0.25) is 9.67 Å². The number of aromatic nitrogens is 2. The molecule has 0 saturated heterocycles.